The second-order valence-corrected chi connectivity index (χ2v) is 5.93. The van der Waals surface area contributed by atoms with Crippen molar-refractivity contribution in [3.63, 3.8) is 0 Å². The first-order valence-corrected chi connectivity index (χ1v) is 7.88. The lowest BCUT2D eigenvalue weighted by atomic mass is 10.1. The Morgan fingerprint density at radius 1 is 1.08 bits per heavy atom. The molecule has 4 aromatic rings. The Morgan fingerprint density at radius 3 is 2.54 bits per heavy atom. The normalized spacial score (nSPS) is 12.6. The topological polar surface area (TPSA) is 61.4 Å². The van der Waals surface area contributed by atoms with Gasteiger partial charge in [-0.1, -0.05) is 12.1 Å². The van der Waals surface area contributed by atoms with Crippen LogP contribution in [0.1, 0.15) is 24.2 Å². The van der Waals surface area contributed by atoms with Gasteiger partial charge >= 0.3 is 0 Å². The Labute approximate surface area is 139 Å². The van der Waals surface area contributed by atoms with E-state index < -0.39 is 0 Å². The summed E-state index contributed by atoms with van der Waals surface area (Å²) >= 11 is 0. The molecule has 0 saturated carbocycles. The number of para-hydroxylation sites is 2. The average molecular weight is 318 g/mol. The van der Waals surface area contributed by atoms with Gasteiger partial charge in [0.2, 0.25) is 0 Å². The van der Waals surface area contributed by atoms with Gasteiger partial charge in [0, 0.05) is 31.2 Å². The molecule has 120 valence electrons. The standard InChI is InChI=1S/C18H18N6/c1-12-17(22-16-7-5-4-6-15(16)21-12)18-19-8-9-24(18)13(2)14-10-20-23(3)11-14/h4-11,13H,1-3H3. The number of imidazole rings is 1. The minimum atomic E-state index is 0.115. The van der Waals surface area contributed by atoms with Crippen LogP contribution in [0.25, 0.3) is 22.6 Å². The minimum absolute atomic E-state index is 0.115. The average Bonchev–Trinajstić information content (AvgIpc) is 3.22. The molecule has 1 atom stereocenters. The minimum Gasteiger partial charge on any atom is -0.322 e. The molecule has 24 heavy (non-hydrogen) atoms. The zero-order chi connectivity index (χ0) is 16.7. The van der Waals surface area contributed by atoms with Gasteiger partial charge in [-0.3, -0.25) is 4.68 Å². The van der Waals surface area contributed by atoms with E-state index in [1.807, 2.05) is 61.5 Å². The predicted octanol–water partition coefficient (Wildman–Crippen LogP) is 3.14. The molecule has 0 aliphatic heterocycles. The van der Waals surface area contributed by atoms with E-state index in [9.17, 15) is 0 Å². The van der Waals surface area contributed by atoms with Crippen LogP contribution >= 0.6 is 0 Å². The van der Waals surface area contributed by atoms with Crippen molar-refractivity contribution in [2.45, 2.75) is 19.9 Å². The fourth-order valence-corrected chi connectivity index (χ4v) is 2.93. The van der Waals surface area contributed by atoms with Crippen molar-refractivity contribution in [3.05, 3.63) is 60.3 Å². The molecule has 0 radical (unpaired) electrons. The molecule has 6 heteroatoms. The highest BCUT2D eigenvalue weighted by Crippen LogP contribution is 2.26. The summed E-state index contributed by atoms with van der Waals surface area (Å²) in [6.07, 6.45) is 7.68. The van der Waals surface area contributed by atoms with Gasteiger partial charge in [-0.2, -0.15) is 5.10 Å². The second kappa shape index (κ2) is 5.56. The van der Waals surface area contributed by atoms with E-state index in [1.165, 1.54) is 0 Å². The Balaban J connectivity index is 1.84. The summed E-state index contributed by atoms with van der Waals surface area (Å²) in [4.78, 5) is 14.0. The summed E-state index contributed by atoms with van der Waals surface area (Å²) in [6, 6.07) is 8.01. The van der Waals surface area contributed by atoms with E-state index >= 15 is 0 Å². The molecule has 0 saturated heterocycles. The molecular formula is C18H18N6. The summed E-state index contributed by atoms with van der Waals surface area (Å²) in [5.41, 5.74) is 4.59. The van der Waals surface area contributed by atoms with E-state index in [-0.39, 0.29) is 6.04 Å². The van der Waals surface area contributed by atoms with Crippen molar-refractivity contribution in [2.75, 3.05) is 0 Å². The fraction of sp³-hybridized carbons (Fsp3) is 0.222. The smallest absolute Gasteiger partial charge is 0.161 e. The molecule has 0 N–H and O–H groups in total. The summed E-state index contributed by atoms with van der Waals surface area (Å²) in [5.74, 6) is 0.821. The van der Waals surface area contributed by atoms with Gasteiger partial charge in [0.1, 0.15) is 5.69 Å². The van der Waals surface area contributed by atoms with Crippen molar-refractivity contribution < 1.29 is 0 Å². The van der Waals surface area contributed by atoms with Crippen molar-refractivity contribution in [3.8, 4) is 11.5 Å². The Morgan fingerprint density at radius 2 is 1.83 bits per heavy atom. The lowest BCUT2D eigenvalue weighted by Gasteiger charge is -2.15. The maximum Gasteiger partial charge on any atom is 0.161 e. The highest BCUT2D eigenvalue weighted by Gasteiger charge is 2.18. The molecule has 4 rings (SSSR count). The first kappa shape index (κ1) is 14.6. The molecule has 6 nitrogen and oxygen atoms in total. The van der Waals surface area contributed by atoms with Crippen LogP contribution in [0.5, 0.6) is 0 Å². The number of aryl methyl sites for hydroxylation is 2. The lowest BCUT2D eigenvalue weighted by Crippen LogP contribution is -2.09. The maximum atomic E-state index is 4.79. The number of hydrogen-bond acceptors (Lipinski definition) is 4. The molecule has 3 heterocycles. The molecule has 1 aromatic carbocycles. The van der Waals surface area contributed by atoms with Gasteiger partial charge in [0.05, 0.1) is 29.0 Å². The molecule has 3 aromatic heterocycles. The molecule has 0 amide bonds. The third-order valence-electron chi connectivity index (χ3n) is 4.25. The summed E-state index contributed by atoms with van der Waals surface area (Å²) in [5, 5.41) is 4.26. The van der Waals surface area contributed by atoms with Crippen LogP contribution in [0.2, 0.25) is 0 Å². The second-order valence-electron chi connectivity index (χ2n) is 5.93. The molecule has 0 fully saturated rings. The van der Waals surface area contributed by atoms with Crippen molar-refractivity contribution in [2.24, 2.45) is 7.05 Å². The molecule has 0 bridgehead atoms. The van der Waals surface area contributed by atoms with Crippen molar-refractivity contribution in [1.29, 1.82) is 0 Å². The Hall–Kier alpha value is -3.02. The van der Waals surface area contributed by atoms with Crippen LogP contribution in [-0.2, 0) is 7.05 Å². The number of fused-ring (bicyclic) bond motifs is 1. The Kier molecular flexibility index (Phi) is 3.37. The number of hydrogen-bond donors (Lipinski definition) is 0. The predicted molar refractivity (Wildman–Crippen MR) is 92.5 cm³/mol. The summed E-state index contributed by atoms with van der Waals surface area (Å²) in [6.45, 7) is 4.11. The maximum absolute atomic E-state index is 4.79. The monoisotopic (exact) mass is 318 g/mol. The number of nitrogens with zero attached hydrogens (tertiary/aromatic N) is 6. The van der Waals surface area contributed by atoms with Gasteiger partial charge in [0.25, 0.3) is 0 Å². The van der Waals surface area contributed by atoms with Gasteiger partial charge in [-0.05, 0) is 26.0 Å². The highest BCUT2D eigenvalue weighted by molar-refractivity contribution is 5.77. The molecule has 0 aliphatic rings. The number of aromatic nitrogens is 6. The van der Waals surface area contributed by atoms with Crippen LogP contribution in [0.4, 0.5) is 0 Å². The summed E-state index contributed by atoms with van der Waals surface area (Å²) in [7, 11) is 1.92. The third kappa shape index (κ3) is 2.36. The zero-order valence-corrected chi connectivity index (χ0v) is 13.9. The van der Waals surface area contributed by atoms with Gasteiger partial charge < -0.3 is 4.57 Å². The Bertz CT molecular complexity index is 1010. The van der Waals surface area contributed by atoms with Crippen molar-refractivity contribution >= 4 is 11.0 Å². The summed E-state index contributed by atoms with van der Waals surface area (Å²) < 4.78 is 3.92. The lowest BCUT2D eigenvalue weighted by molar-refractivity contribution is 0.642. The van der Waals surface area contributed by atoms with Crippen LogP contribution < -0.4 is 0 Å². The first-order valence-electron chi connectivity index (χ1n) is 7.88. The van der Waals surface area contributed by atoms with E-state index in [4.69, 9.17) is 4.98 Å². The van der Waals surface area contributed by atoms with Crippen LogP contribution in [0.3, 0.4) is 0 Å². The van der Waals surface area contributed by atoms with E-state index in [0.717, 1.165) is 33.8 Å². The third-order valence-corrected chi connectivity index (χ3v) is 4.25. The molecule has 0 aliphatic carbocycles. The molecule has 0 spiro atoms. The van der Waals surface area contributed by atoms with Crippen LogP contribution in [-0.4, -0.2) is 29.3 Å². The first-order chi connectivity index (χ1) is 11.6. The number of benzene rings is 1. The molecular weight excluding hydrogens is 300 g/mol. The van der Waals surface area contributed by atoms with E-state index in [2.05, 4.69) is 26.6 Å². The molecule has 1 unspecified atom stereocenters. The van der Waals surface area contributed by atoms with Crippen LogP contribution in [0, 0.1) is 6.92 Å². The quantitative estimate of drug-likeness (QED) is 0.582. The number of rotatable bonds is 3. The van der Waals surface area contributed by atoms with Gasteiger partial charge in [-0.15, -0.1) is 0 Å². The van der Waals surface area contributed by atoms with Crippen LogP contribution in [0.15, 0.2) is 49.1 Å². The zero-order valence-electron chi connectivity index (χ0n) is 13.9. The largest absolute Gasteiger partial charge is 0.322 e. The highest BCUT2D eigenvalue weighted by atomic mass is 15.2. The van der Waals surface area contributed by atoms with E-state index in [0.29, 0.717) is 0 Å². The fourth-order valence-electron chi connectivity index (χ4n) is 2.93. The van der Waals surface area contributed by atoms with Gasteiger partial charge in [-0.25, -0.2) is 15.0 Å². The SMILES string of the molecule is Cc1nc2ccccc2nc1-c1nccn1C(C)c1cnn(C)c1. The van der Waals surface area contributed by atoms with Gasteiger partial charge in [0.15, 0.2) is 5.82 Å². The van der Waals surface area contributed by atoms with Crippen molar-refractivity contribution in [1.82, 2.24) is 29.3 Å². The van der Waals surface area contributed by atoms with E-state index in [1.54, 1.807) is 6.20 Å².